The second-order valence-electron chi connectivity index (χ2n) is 4.85. The largest absolute Gasteiger partial charge is 0.496 e. The molecule has 0 aliphatic carbocycles. The molecule has 1 N–H and O–H groups in total. The Balaban J connectivity index is 2.48. The predicted octanol–water partition coefficient (Wildman–Crippen LogP) is 3.97. The van der Waals surface area contributed by atoms with Crippen molar-refractivity contribution < 1.29 is 9.47 Å². The first-order valence-corrected chi connectivity index (χ1v) is 7.29. The fourth-order valence-electron chi connectivity index (χ4n) is 2.22. The summed E-state index contributed by atoms with van der Waals surface area (Å²) >= 11 is 5.25. The molecule has 4 nitrogen and oxygen atoms in total. The van der Waals surface area contributed by atoms with Gasteiger partial charge in [0.2, 0.25) is 0 Å². The summed E-state index contributed by atoms with van der Waals surface area (Å²) in [5.74, 6) is 1.63. The number of ether oxygens (including phenoxy) is 2. The standard InChI is InChI=1S/C16H20N2O2S/c1-5-20-9-15-17-13(8-16(21)18-15)12-6-11(3)14(19-4)7-10(12)2/h6-8H,5,9H2,1-4H3,(H,17,18,21). The Kier molecular flexibility index (Phi) is 5.09. The van der Waals surface area contributed by atoms with Crippen LogP contribution in [0.5, 0.6) is 5.75 Å². The van der Waals surface area contributed by atoms with Gasteiger partial charge in [0.05, 0.1) is 12.8 Å². The lowest BCUT2D eigenvalue weighted by Crippen LogP contribution is -2.01. The first-order valence-electron chi connectivity index (χ1n) is 6.88. The summed E-state index contributed by atoms with van der Waals surface area (Å²) in [5.41, 5.74) is 4.25. The van der Waals surface area contributed by atoms with Crippen molar-refractivity contribution in [2.45, 2.75) is 27.4 Å². The van der Waals surface area contributed by atoms with Gasteiger partial charge in [0.1, 0.15) is 22.8 Å². The van der Waals surface area contributed by atoms with Crippen molar-refractivity contribution in [2.24, 2.45) is 0 Å². The maximum atomic E-state index is 5.40. The number of methoxy groups -OCH3 is 1. The molecule has 0 aliphatic rings. The van der Waals surface area contributed by atoms with Crippen LogP contribution in [0.4, 0.5) is 0 Å². The number of rotatable bonds is 5. The maximum absolute atomic E-state index is 5.40. The van der Waals surface area contributed by atoms with Crippen LogP contribution in [0.25, 0.3) is 11.3 Å². The molecule has 1 aromatic carbocycles. The van der Waals surface area contributed by atoms with Crippen molar-refractivity contribution in [3.05, 3.63) is 39.8 Å². The number of nitrogens with one attached hydrogen (secondary N) is 1. The summed E-state index contributed by atoms with van der Waals surface area (Å²) in [7, 11) is 1.68. The Morgan fingerprint density at radius 1 is 1.19 bits per heavy atom. The van der Waals surface area contributed by atoms with Gasteiger partial charge < -0.3 is 14.5 Å². The van der Waals surface area contributed by atoms with Crippen LogP contribution < -0.4 is 4.74 Å². The molecule has 2 aromatic rings. The van der Waals surface area contributed by atoms with Gasteiger partial charge >= 0.3 is 0 Å². The molecule has 21 heavy (non-hydrogen) atoms. The summed E-state index contributed by atoms with van der Waals surface area (Å²) in [6.45, 7) is 7.11. The van der Waals surface area contributed by atoms with Gasteiger partial charge in [-0.2, -0.15) is 0 Å². The van der Waals surface area contributed by atoms with E-state index in [0.29, 0.717) is 17.9 Å². The number of aromatic nitrogens is 2. The molecular weight excluding hydrogens is 284 g/mol. The molecule has 1 aromatic heterocycles. The van der Waals surface area contributed by atoms with E-state index in [1.165, 1.54) is 0 Å². The third-order valence-electron chi connectivity index (χ3n) is 3.27. The molecule has 0 saturated heterocycles. The van der Waals surface area contributed by atoms with Crippen molar-refractivity contribution in [3.8, 4) is 17.0 Å². The third-order valence-corrected chi connectivity index (χ3v) is 3.48. The molecule has 0 bridgehead atoms. The van der Waals surface area contributed by atoms with Crippen LogP contribution in [-0.4, -0.2) is 23.7 Å². The lowest BCUT2D eigenvalue weighted by atomic mass is 10.0. The lowest BCUT2D eigenvalue weighted by Gasteiger charge is -2.12. The van der Waals surface area contributed by atoms with E-state index in [2.05, 4.69) is 23.0 Å². The average molecular weight is 304 g/mol. The number of aryl methyl sites for hydroxylation is 2. The van der Waals surface area contributed by atoms with Crippen LogP contribution in [-0.2, 0) is 11.3 Å². The highest BCUT2D eigenvalue weighted by Crippen LogP contribution is 2.29. The van der Waals surface area contributed by atoms with E-state index >= 15 is 0 Å². The average Bonchev–Trinajstić information content (AvgIpc) is 2.46. The second-order valence-corrected chi connectivity index (χ2v) is 5.27. The highest BCUT2D eigenvalue weighted by molar-refractivity contribution is 7.71. The minimum Gasteiger partial charge on any atom is -0.496 e. The topological polar surface area (TPSA) is 47.1 Å². The highest BCUT2D eigenvalue weighted by atomic mass is 32.1. The molecule has 0 spiro atoms. The van der Waals surface area contributed by atoms with E-state index in [1.807, 2.05) is 26.0 Å². The monoisotopic (exact) mass is 304 g/mol. The Morgan fingerprint density at radius 2 is 1.95 bits per heavy atom. The number of H-pyrrole nitrogens is 1. The van der Waals surface area contributed by atoms with E-state index in [0.717, 1.165) is 34.0 Å². The minimum absolute atomic E-state index is 0.433. The van der Waals surface area contributed by atoms with Gasteiger partial charge in [0.25, 0.3) is 0 Å². The molecule has 0 radical (unpaired) electrons. The SMILES string of the molecule is CCOCc1nc(=S)cc(-c2cc(C)c(OC)cc2C)[nH]1. The predicted molar refractivity (Wildman–Crippen MR) is 86.2 cm³/mol. The molecule has 0 aliphatic heterocycles. The van der Waals surface area contributed by atoms with Gasteiger partial charge in [0, 0.05) is 12.2 Å². The third kappa shape index (κ3) is 3.68. The number of aromatic amines is 1. The van der Waals surface area contributed by atoms with E-state index in [4.69, 9.17) is 21.7 Å². The highest BCUT2D eigenvalue weighted by Gasteiger charge is 2.09. The minimum atomic E-state index is 0.433. The summed E-state index contributed by atoms with van der Waals surface area (Å²) in [6, 6.07) is 6.00. The Labute approximate surface area is 130 Å². The zero-order chi connectivity index (χ0) is 15.4. The van der Waals surface area contributed by atoms with E-state index < -0.39 is 0 Å². The van der Waals surface area contributed by atoms with Gasteiger partial charge in [-0.1, -0.05) is 12.2 Å². The molecule has 112 valence electrons. The fourth-order valence-corrected chi connectivity index (χ4v) is 2.45. The van der Waals surface area contributed by atoms with Crippen molar-refractivity contribution in [3.63, 3.8) is 0 Å². The van der Waals surface area contributed by atoms with Crippen molar-refractivity contribution in [1.82, 2.24) is 9.97 Å². The molecule has 0 amide bonds. The first kappa shape index (κ1) is 15.7. The summed E-state index contributed by atoms with van der Waals surface area (Å²) < 4.78 is 11.3. The van der Waals surface area contributed by atoms with Crippen LogP contribution >= 0.6 is 12.2 Å². The summed E-state index contributed by atoms with van der Waals surface area (Å²) in [5, 5.41) is 0. The molecule has 5 heteroatoms. The molecule has 0 fully saturated rings. The van der Waals surface area contributed by atoms with E-state index in [1.54, 1.807) is 7.11 Å². The Morgan fingerprint density at radius 3 is 2.62 bits per heavy atom. The number of benzene rings is 1. The van der Waals surface area contributed by atoms with Crippen molar-refractivity contribution in [2.75, 3.05) is 13.7 Å². The Hall–Kier alpha value is -1.72. The van der Waals surface area contributed by atoms with E-state index in [9.17, 15) is 0 Å². The van der Waals surface area contributed by atoms with Crippen LogP contribution in [0.2, 0.25) is 0 Å². The molecule has 2 rings (SSSR count). The van der Waals surface area contributed by atoms with E-state index in [-0.39, 0.29) is 0 Å². The zero-order valence-electron chi connectivity index (χ0n) is 12.8. The Bertz CT molecular complexity index is 695. The maximum Gasteiger partial charge on any atom is 0.134 e. The molecule has 1 heterocycles. The number of hydrogen-bond acceptors (Lipinski definition) is 4. The normalized spacial score (nSPS) is 10.7. The van der Waals surface area contributed by atoms with Gasteiger partial charge in [-0.25, -0.2) is 4.98 Å². The van der Waals surface area contributed by atoms with Crippen molar-refractivity contribution in [1.29, 1.82) is 0 Å². The quantitative estimate of drug-likeness (QED) is 0.849. The van der Waals surface area contributed by atoms with Gasteiger partial charge in [-0.05, 0) is 50.1 Å². The number of hydrogen-bond donors (Lipinski definition) is 1. The summed E-state index contributed by atoms with van der Waals surface area (Å²) in [4.78, 5) is 7.59. The molecule has 0 saturated carbocycles. The van der Waals surface area contributed by atoms with Crippen LogP contribution in [0, 0.1) is 18.5 Å². The first-order chi connectivity index (χ1) is 10.0. The zero-order valence-corrected chi connectivity index (χ0v) is 13.6. The molecular formula is C16H20N2O2S. The molecule has 0 unspecified atom stereocenters. The lowest BCUT2D eigenvalue weighted by molar-refractivity contribution is 0.128. The van der Waals surface area contributed by atoms with Crippen LogP contribution in [0.3, 0.4) is 0 Å². The van der Waals surface area contributed by atoms with Crippen molar-refractivity contribution >= 4 is 12.2 Å². The second kappa shape index (κ2) is 6.83. The van der Waals surface area contributed by atoms with Gasteiger partial charge in [0.15, 0.2) is 0 Å². The van der Waals surface area contributed by atoms with Crippen LogP contribution in [0.15, 0.2) is 18.2 Å². The molecule has 0 atom stereocenters. The smallest absolute Gasteiger partial charge is 0.134 e. The van der Waals surface area contributed by atoms with Crippen LogP contribution in [0.1, 0.15) is 23.9 Å². The van der Waals surface area contributed by atoms with Gasteiger partial charge in [-0.3, -0.25) is 0 Å². The fraction of sp³-hybridized carbons (Fsp3) is 0.375. The van der Waals surface area contributed by atoms with Gasteiger partial charge in [-0.15, -0.1) is 0 Å². The summed E-state index contributed by atoms with van der Waals surface area (Å²) in [6.07, 6.45) is 0. The number of nitrogens with zero attached hydrogens (tertiary/aromatic N) is 1.